The van der Waals surface area contributed by atoms with Gasteiger partial charge in [-0.05, 0) is 12.1 Å². The lowest BCUT2D eigenvalue weighted by atomic mass is 10.3. The number of cyclic esters (lactones) is 1. The van der Waals surface area contributed by atoms with Crippen molar-refractivity contribution in [3.05, 3.63) is 30.3 Å². The van der Waals surface area contributed by atoms with Gasteiger partial charge in [-0.15, -0.1) is 5.10 Å². The van der Waals surface area contributed by atoms with Crippen LogP contribution >= 0.6 is 0 Å². The van der Waals surface area contributed by atoms with E-state index >= 15 is 0 Å². The first-order valence-electron chi connectivity index (χ1n) is 5.04. The van der Waals surface area contributed by atoms with Gasteiger partial charge in [-0.1, -0.05) is 18.2 Å². The summed E-state index contributed by atoms with van der Waals surface area (Å²) >= 11 is 0. The van der Waals surface area contributed by atoms with Gasteiger partial charge in [-0.2, -0.15) is 0 Å². The molecule has 0 unspecified atom stereocenters. The number of benzene rings is 1. The van der Waals surface area contributed by atoms with Crippen molar-refractivity contribution >= 4 is 17.5 Å². The fourth-order valence-corrected chi connectivity index (χ4v) is 1.36. The van der Waals surface area contributed by atoms with E-state index in [1.807, 2.05) is 37.4 Å². The van der Waals surface area contributed by atoms with Gasteiger partial charge in [0.2, 0.25) is 5.84 Å². The number of amidine groups is 1. The number of likely N-dealkylation sites (N-methyl/N-ethyl adjacent to an activating group) is 1. The van der Waals surface area contributed by atoms with Gasteiger partial charge in [-0.3, -0.25) is 5.43 Å². The molecule has 0 amide bonds. The smallest absolute Gasteiger partial charge is 0.376 e. The minimum Gasteiger partial charge on any atom is -0.458 e. The lowest BCUT2D eigenvalue weighted by molar-refractivity contribution is -0.138. The van der Waals surface area contributed by atoms with Crippen LogP contribution in [0.3, 0.4) is 0 Å². The van der Waals surface area contributed by atoms with Crippen LogP contribution in [0.2, 0.25) is 0 Å². The van der Waals surface area contributed by atoms with Crippen molar-refractivity contribution in [1.82, 2.24) is 4.90 Å². The van der Waals surface area contributed by atoms with Crippen molar-refractivity contribution in [2.24, 2.45) is 5.10 Å². The highest BCUT2D eigenvalue weighted by atomic mass is 16.5. The average molecular weight is 219 g/mol. The molecule has 0 radical (unpaired) electrons. The zero-order chi connectivity index (χ0) is 11.4. The Morgan fingerprint density at radius 1 is 1.38 bits per heavy atom. The van der Waals surface area contributed by atoms with Gasteiger partial charge in [0.25, 0.3) is 0 Å². The summed E-state index contributed by atoms with van der Waals surface area (Å²) in [5.74, 6) is -0.0905. The standard InChI is InChI=1S/C11H13N3O2/c1-14-7-8-16-11(15)10(14)13-12-9-5-3-2-4-6-9/h2-6,12H,7-8H2,1H3/b13-10+. The van der Waals surface area contributed by atoms with E-state index in [-0.39, 0.29) is 0 Å². The molecule has 0 spiro atoms. The molecule has 1 fully saturated rings. The first-order chi connectivity index (χ1) is 7.77. The number of rotatable bonds is 2. The maximum Gasteiger partial charge on any atom is 0.376 e. The minimum absolute atomic E-state index is 0.301. The van der Waals surface area contributed by atoms with Gasteiger partial charge in [-0.25, -0.2) is 4.79 Å². The van der Waals surface area contributed by atoms with Crippen LogP contribution in [0.15, 0.2) is 35.4 Å². The first-order valence-corrected chi connectivity index (χ1v) is 5.04. The van der Waals surface area contributed by atoms with Crippen LogP contribution in [-0.2, 0) is 9.53 Å². The highest BCUT2D eigenvalue weighted by Gasteiger charge is 2.23. The average Bonchev–Trinajstić information content (AvgIpc) is 2.30. The summed E-state index contributed by atoms with van der Waals surface area (Å²) in [5, 5.41) is 4.03. The zero-order valence-electron chi connectivity index (χ0n) is 9.01. The van der Waals surface area contributed by atoms with E-state index in [0.717, 1.165) is 5.69 Å². The lowest BCUT2D eigenvalue weighted by Gasteiger charge is -2.24. The van der Waals surface area contributed by atoms with Crippen molar-refractivity contribution in [2.45, 2.75) is 0 Å². The molecule has 16 heavy (non-hydrogen) atoms. The molecule has 1 aromatic carbocycles. The SMILES string of the molecule is CN1CCOC(=O)/C1=N\Nc1ccccc1. The van der Waals surface area contributed by atoms with E-state index in [1.165, 1.54) is 0 Å². The molecule has 1 heterocycles. The van der Waals surface area contributed by atoms with Crippen LogP contribution in [0.5, 0.6) is 0 Å². The number of para-hydroxylation sites is 1. The number of nitrogens with one attached hydrogen (secondary N) is 1. The number of esters is 1. The van der Waals surface area contributed by atoms with Gasteiger partial charge in [0.1, 0.15) is 6.61 Å². The number of ether oxygens (including phenoxy) is 1. The van der Waals surface area contributed by atoms with E-state index in [0.29, 0.717) is 19.0 Å². The Hall–Kier alpha value is -2.04. The van der Waals surface area contributed by atoms with Crippen LogP contribution < -0.4 is 5.43 Å². The molecule has 1 aliphatic heterocycles. The molecule has 1 aliphatic rings. The number of hydrogen-bond acceptors (Lipinski definition) is 4. The highest BCUT2D eigenvalue weighted by molar-refractivity contribution is 6.35. The molecular weight excluding hydrogens is 206 g/mol. The first kappa shape index (κ1) is 10.5. The molecule has 0 aliphatic carbocycles. The van der Waals surface area contributed by atoms with E-state index in [2.05, 4.69) is 10.5 Å². The third-order valence-electron chi connectivity index (χ3n) is 2.27. The Morgan fingerprint density at radius 2 is 2.12 bits per heavy atom. The number of anilines is 1. The second-order valence-corrected chi connectivity index (χ2v) is 3.47. The molecule has 0 aromatic heterocycles. The fraction of sp³-hybridized carbons (Fsp3) is 0.273. The van der Waals surface area contributed by atoms with Gasteiger partial charge < -0.3 is 9.64 Å². The Bertz CT molecular complexity index is 403. The molecule has 2 rings (SSSR count). The fourth-order valence-electron chi connectivity index (χ4n) is 1.36. The van der Waals surface area contributed by atoms with Crippen LogP contribution in [0, 0.1) is 0 Å². The molecule has 5 heteroatoms. The second-order valence-electron chi connectivity index (χ2n) is 3.47. The van der Waals surface area contributed by atoms with E-state index < -0.39 is 5.97 Å². The predicted molar refractivity (Wildman–Crippen MR) is 61.1 cm³/mol. The largest absolute Gasteiger partial charge is 0.458 e. The number of morpholine rings is 1. The third kappa shape index (κ3) is 2.31. The molecule has 0 saturated carbocycles. The third-order valence-corrected chi connectivity index (χ3v) is 2.27. The van der Waals surface area contributed by atoms with E-state index in [4.69, 9.17) is 4.74 Å². The molecule has 1 N–H and O–H groups in total. The molecule has 5 nitrogen and oxygen atoms in total. The van der Waals surface area contributed by atoms with Crippen molar-refractivity contribution in [3.8, 4) is 0 Å². The number of carbonyl (C=O) groups excluding carboxylic acids is 1. The predicted octanol–water partition coefficient (Wildman–Crippen LogP) is 0.901. The lowest BCUT2D eigenvalue weighted by Crippen LogP contribution is -2.43. The summed E-state index contributed by atoms with van der Waals surface area (Å²) in [6.45, 7) is 1.08. The summed E-state index contributed by atoms with van der Waals surface area (Å²) in [5.41, 5.74) is 3.66. The number of hydrazone groups is 1. The van der Waals surface area contributed by atoms with Gasteiger partial charge in [0.05, 0.1) is 12.2 Å². The second kappa shape index (κ2) is 4.65. The summed E-state index contributed by atoms with van der Waals surface area (Å²) < 4.78 is 4.90. The molecule has 84 valence electrons. The minimum atomic E-state index is -0.391. The molecule has 1 aromatic rings. The molecule has 0 bridgehead atoms. The number of nitrogens with zero attached hydrogens (tertiary/aromatic N) is 2. The maximum atomic E-state index is 11.4. The summed E-state index contributed by atoms with van der Waals surface area (Å²) in [6.07, 6.45) is 0. The number of hydrogen-bond donors (Lipinski definition) is 1. The molecule has 1 saturated heterocycles. The number of carbonyl (C=O) groups is 1. The van der Waals surface area contributed by atoms with Crippen molar-refractivity contribution < 1.29 is 9.53 Å². The Labute approximate surface area is 93.7 Å². The zero-order valence-corrected chi connectivity index (χ0v) is 9.01. The molecule has 0 atom stereocenters. The highest BCUT2D eigenvalue weighted by Crippen LogP contribution is 2.06. The Kier molecular flexibility index (Phi) is 3.05. The Morgan fingerprint density at radius 3 is 2.81 bits per heavy atom. The summed E-state index contributed by atoms with van der Waals surface area (Å²) in [7, 11) is 1.81. The van der Waals surface area contributed by atoms with Gasteiger partial charge in [0.15, 0.2) is 0 Å². The topological polar surface area (TPSA) is 53.9 Å². The Balaban J connectivity index is 2.08. The molecular formula is C11H13N3O2. The van der Waals surface area contributed by atoms with Gasteiger partial charge in [0, 0.05) is 7.05 Å². The van der Waals surface area contributed by atoms with Crippen molar-refractivity contribution in [3.63, 3.8) is 0 Å². The summed E-state index contributed by atoms with van der Waals surface area (Å²) in [4.78, 5) is 13.2. The quantitative estimate of drug-likeness (QED) is 0.593. The normalized spacial score (nSPS) is 18.4. The van der Waals surface area contributed by atoms with Crippen LogP contribution in [0.4, 0.5) is 5.69 Å². The maximum absolute atomic E-state index is 11.4. The van der Waals surface area contributed by atoms with Crippen LogP contribution in [0.1, 0.15) is 0 Å². The van der Waals surface area contributed by atoms with Gasteiger partial charge >= 0.3 is 5.97 Å². The monoisotopic (exact) mass is 219 g/mol. The van der Waals surface area contributed by atoms with E-state index in [9.17, 15) is 4.79 Å². The van der Waals surface area contributed by atoms with Crippen molar-refractivity contribution in [1.29, 1.82) is 0 Å². The van der Waals surface area contributed by atoms with E-state index in [1.54, 1.807) is 4.90 Å². The van der Waals surface area contributed by atoms with Crippen molar-refractivity contribution in [2.75, 3.05) is 25.6 Å². The summed E-state index contributed by atoms with van der Waals surface area (Å²) in [6, 6.07) is 9.45. The van der Waals surface area contributed by atoms with Crippen LogP contribution in [0.25, 0.3) is 0 Å². The van der Waals surface area contributed by atoms with Crippen LogP contribution in [-0.4, -0.2) is 36.9 Å².